The molecule has 4 aromatic rings. The number of benzene rings is 2. The summed E-state index contributed by atoms with van der Waals surface area (Å²) in [5, 5.41) is 11.5. The van der Waals surface area contributed by atoms with E-state index in [-0.39, 0.29) is 24.9 Å². The first-order chi connectivity index (χ1) is 17.3. The van der Waals surface area contributed by atoms with Gasteiger partial charge < -0.3 is 14.6 Å². The summed E-state index contributed by atoms with van der Waals surface area (Å²) in [6.45, 7) is 8.13. The standard InChI is InChI=1S/C28H33N5O3/c1-5-20-13-15-21(16-14-20)26(27(35)29-28(3,4)6-2)32(18-22-10-9-17-36-22)25(34)19-33-24-12-8-7-11-23(24)30-31-33/h7-17,26H,5-6,18-19H2,1-4H3,(H,29,35)/t26-/m1/s1. The van der Waals surface area contributed by atoms with Gasteiger partial charge in [0.15, 0.2) is 0 Å². The Morgan fingerprint density at radius 1 is 1.06 bits per heavy atom. The number of carbonyl (C=O) groups excluding carboxylic acids is 2. The number of hydrogen-bond donors (Lipinski definition) is 1. The monoisotopic (exact) mass is 487 g/mol. The van der Waals surface area contributed by atoms with Crippen LogP contribution in [0.25, 0.3) is 11.0 Å². The smallest absolute Gasteiger partial charge is 0.247 e. The molecular weight excluding hydrogens is 454 g/mol. The van der Waals surface area contributed by atoms with E-state index in [9.17, 15) is 9.59 Å². The maximum Gasteiger partial charge on any atom is 0.247 e. The second-order valence-corrected chi connectivity index (χ2v) is 9.56. The maximum absolute atomic E-state index is 13.9. The second kappa shape index (κ2) is 10.8. The van der Waals surface area contributed by atoms with Crippen molar-refractivity contribution in [3.05, 3.63) is 83.8 Å². The van der Waals surface area contributed by atoms with Crippen LogP contribution in [-0.4, -0.2) is 37.2 Å². The fourth-order valence-corrected chi connectivity index (χ4v) is 4.05. The second-order valence-electron chi connectivity index (χ2n) is 9.56. The SMILES string of the molecule is CCc1ccc([C@H](C(=O)NC(C)(C)CC)N(Cc2ccco2)C(=O)Cn2nnc3ccccc32)cc1. The minimum atomic E-state index is -0.853. The van der Waals surface area contributed by atoms with E-state index in [4.69, 9.17) is 4.42 Å². The van der Waals surface area contributed by atoms with Crippen LogP contribution in [0.4, 0.5) is 0 Å². The first kappa shape index (κ1) is 25.2. The van der Waals surface area contributed by atoms with Gasteiger partial charge in [0, 0.05) is 5.54 Å². The van der Waals surface area contributed by atoms with Gasteiger partial charge in [-0.15, -0.1) is 5.10 Å². The van der Waals surface area contributed by atoms with Gasteiger partial charge >= 0.3 is 0 Å². The number of rotatable bonds is 10. The van der Waals surface area contributed by atoms with Crippen LogP contribution < -0.4 is 5.32 Å². The minimum Gasteiger partial charge on any atom is -0.467 e. The van der Waals surface area contributed by atoms with Crippen LogP contribution >= 0.6 is 0 Å². The number of nitrogens with one attached hydrogen (secondary N) is 1. The molecule has 8 nitrogen and oxygen atoms in total. The van der Waals surface area contributed by atoms with Crippen LogP contribution in [0.1, 0.15) is 57.0 Å². The van der Waals surface area contributed by atoms with Crippen molar-refractivity contribution >= 4 is 22.8 Å². The number of amides is 2. The van der Waals surface area contributed by atoms with Gasteiger partial charge in [-0.2, -0.15) is 0 Å². The van der Waals surface area contributed by atoms with Crippen molar-refractivity contribution in [3.8, 4) is 0 Å². The Morgan fingerprint density at radius 3 is 2.47 bits per heavy atom. The minimum absolute atomic E-state index is 0.0603. The summed E-state index contributed by atoms with van der Waals surface area (Å²) >= 11 is 0. The van der Waals surface area contributed by atoms with Gasteiger partial charge in [0.1, 0.15) is 23.9 Å². The number of aromatic nitrogens is 3. The summed E-state index contributed by atoms with van der Waals surface area (Å²) in [7, 11) is 0. The van der Waals surface area contributed by atoms with Crippen LogP contribution in [0.2, 0.25) is 0 Å². The molecule has 8 heteroatoms. The molecule has 0 aliphatic carbocycles. The van der Waals surface area contributed by atoms with Crippen molar-refractivity contribution in [2.24, 2.45) is 0 Å². The van der Waals surface area contributed by atoms with Gasteiger partial charge in [-0.1, -0.05) is 55.5 Å². The molecule has 0 saturated carbocycles. The van der Waals surface area contributed by atoms with Crippen molar-refractivity contribution in [2.45, 2.75) is 65.2 Å². The predicted octanol–water partition coefficient (Wildman–Crippen LogP) is 4.66. The van der Waals surface area contributed by atoms with Gasteiger partial charge in [0.2, 0.25) is 11.8 Å². The molecule has 188 valence electrons. The number of aryl methyl sites for hydroxylation is 1. The number of nitrogens with zero attached hydrogens (tertiary/aromatic N) is 4. The topological polar surface area (TPSA) is 93.3 Å². The molecular formula is C28H33N5O3. The summed E-state index contributed by atoms with van der Waals surface area (Å²) in [4.78, 5) is 29.2. The van der Waals surface area contributed by atoms with Crippen molar-refractivity contribution in [1.82, 2.24) is 25.2 Å². The zero-order valence-electron chi connectivity index (χ0n) is 21.3. The van der Waals surface area contributed by atoms with Crippen LogP contribution in [0.5, 0.6) is 0 Å². The molecule has 2 heterocycles. The lowest BCUT2D eigenvalue weighted by molar-refractivity contribution is -0.143. The van der Waals surface area contributed by atoms with Crippen LogP contribution in [0, 0.1) is 0 Å². The summed E-state index contributed by atoms with van der Waals surface area (Å²) in [6, 6.07) is 18.1. The fourth-order valence-electron chi connectivity index (χ4n) is 4.05. The van der Waals surface area contributed by atoms with Gasteiger partial charge in [0.25, 0.3) is 0 Å². The van der Waals surface area contributed by atoms with Crippen molar-refractivity contribution < 1.29 is 14.0 Å². The first-order valence-corrected chi connectivity index (χ1v) is 12.3. The van der Waals surface area contributed by atoms with Crippen LogP contribution in [0.3, 0.4) is 0 Å². The molecule has 1 atom stereocenters. The third kappa shape index (κ3) is 5.64. The Balaban J connectivity index is 1.74. The first-order valence-electron chi connectivity index (χ1n) is 12.3. The summed E-state index contributed by atoms with van der Waals surface area (Å²) < 4.78 is 7.15. The van der Waals surface area contributed by atoms with Crippen LogP contribution in [0.15, 0.2) is 71.3 Å². The Hall–Kier alpha value is -3.94. The van der Waals surface area contributed by atoms with E-state index < -0.39 is 11.6 Å². The van der Waals surface area contributed by atoms with E-state index in [1.807, 2.05) is 69.3 Å². The van der Waals surface area contributed by atoms with Crippen molar-refractivity contribution in [3.63, 3.8) is 0 Å². The highest BCUT2D eigenvalue weighted by molar-refractivity contribution is 5.89. The molecule has 1 N–H and O–H groups in total. The van der Waals surface area contributed by atoms with E-state index in [2.05, 4.69) is 22.6 Å². The average Bonchev–Trinajstić information content (AvgIpc) is 3.54. The quantitative estimate of drug-likeness (QED) is 0.351. The fraction of sp³-hybridized carbons (Fsp3) is 0.357. The van der Waals surface area contributed by atoms with Crippen molar-refractivity contribution in [1.29, 1.82) is 0 Å². The van der Waals surface area contributed by atoms with E-state index in [1.54, 1.807) is 28.0 Å². The maximum atomic E-state index is 13.9. The number of para-hydroxylation sites is 1. The molecule has 0 bridgehead atoms. The lowest BCUT2D eigenvalue weighted by Gasteiger charge is -2.34. The molecule has 2 aromatic carbocycles. The third-order valence-corrected chi connectivity index (χ3v) is 6.54. The Bertz CT molecular complexity index is 1310. The van der Waals surface area contributed by atoms with Gasteiger partial charge in [-0.25, -0.2) is 4.68 Å². The molecule has 0 unspecified atom stereocenters. The summed E-state index contributed by atoms with van der Waals surface area (Å²) in [6.07, 6.45) is 3.19. The average molecular weight is 488 g/mol. The molecule has 4 rings (SSSR count). The lowest BCUT2D eigenvalue weighted by atomic mass is 9.97. The summed E-state index contributed by atoms with van der Waals surface area (Å²) in [5.41, 5.74) is 2.92. The number of furan rings is 1. The lowest BCUT2D eigenvalue weighted by Crippen LogP contribution is -2.50. The molecule has 0 fully saturated rings. The molecule has 36 heavy (non-hydrogen) atoms. The van der Waals surface area contributed by atoms with Gasteiger partial charge in [-0.3, -0.25) is 9.59 Å². The van der Waals surface area contributed by atoms with Gasteiger partial charge in [-0.05, 0) is 62.1 Å². The molecule has 0 aliphatic rings. The van der Waals surface area contributed by atoms with E-state index >= 15 is 0 Å². The van der Waals surface area contributed by atoms with E-state index in [0.29, 0.717) is 11.3 Å². The van der Waals surface area contributed by atoms with Gasteiger partial charge in [0.05, 0.1) is 18.3 Å². The Morgan fingerprint density at radius 2 is 1.81 bits per heavy atom. The molecule has 0 aliphatic heterocycles. The Kier molecular flexibility index (Phi) is 7.52. The molecule has 2 amide bonds. The number of fused-ring (bicyclic) bond motifs is 1. The van der Waals surface area contributed by atoms with E-state index in [0.717, 1.165) is 29.5 Å². The predicted molar refractivity (Wildman–Crippen MR) is 138 cm³/mol. The van der Waals surface area contributed by atoms with Crippen molar-refractivity contribution in [2.75, 3.05) is 0 Å². The third-order valence-electron chi connectivity index (χ3n) is 6.54. The highest BCUT2D eigenvalue weighted by Crippen LogP contribution is 2.27. The molecule has 0 radical (unpaired) electrons. The number of carbonyl (C=O) groups is 2. The molecule has 0 saturated heterocycles. The largest absolute Gasteiger partial charge is 0.467 e. The molecule has 2 aromatic heterocycles. The highest BCUT2D eigenvalue weighted by Gasteiger charge is 2.34. The Labute approximate surface area is 211 Å². The summed E-state index contributed by atoms with van der Waals surface area (Å²) in [5.74, 6) is 0.0788. The number of hydrogen-bond acceptors (Lipinski definition) is 5. The zero-order chi connectivity index (χ0) is 25.7. The van der Waals surface area contributed by atoms with Crippen LogP contribution in [-0.2, 0) is 29.1 Å². The normalized spacial score (nSPS) is 12.4. The van der Waals surface area contributed by atoms with E-state index in [1.165, 1.54) is 0 Å². The molecule has 0 spiro atoms. The highest BCUT2D eigenvalue weighted by atomic mass is 16.3. The zero-order valence-corrected chi connectivity index (χ0v) is 21.3.